The zero-order chi connectivity index (χ0) is 20.3. The maximum atomic E-state index is 14.9. The highest BCUT2D eigenvalue weighted by atomic mass is 32.2. The number of benzene rings is 1. The Morgan fingerprint density at radius 3 is 2.90 bits per heavy atom. The highest BCUT2D eigenvalue weighted by Crippen LogP contribution is 2.39. The minimum Gasteiger partial charge on any atom is -0.302 e. The van der Waals surface area contributed by atoms with Crippen LogP contribution in [-0.4, -0.2) is 38.5 Å². The lowest BCUT2D eigenvalue weighted by atomic mass is 10.00. The van der Waals surface area contributed by atoms with Gasteiger partial charge in [-0.05, 0) is 37.3 Å². The molecule has 1 aromatic carbocycles. The highest BCUT2D eigenvalue weighted by molar-refractivity contribution is 7.98. The molecule has 2 atom stereocenters. The fourth-order valence-electron chi connectivity index (χ4n) is 3.41. The number of fused-ring (bicyclic) bond motifs is 2. The van der Waals surface area contributed by atoms with Crippen molar-refractivity contribution in [2.24, 2.45) is 5.92 Å². The quantitative estimate of drug-likeness (QED) is 0.458. The molecule has 0 saturated heterocycles. The van der Waals surface area contributed by atoms with E-state index in [-0.39, 0.29) is 18.1 Å². The van der Waals surface area contributed by atoms with Gasteiger partial charge in [-0.1, -0.05) is 11.3 Å². The molecule has 1 amide bonds. The van der Waals surface area contributed by atoms with E-state index in [1.165, 1.54) is 23.1 Å². The first kappa shape index (κ1) is 18.4. The van der Waals surface area contributed by atoms with Crippen LogP contribution >= 0.6 is 23.1 Å². The number of carbonyl (C=O) groups is 1. The van der Waals surface area contributed by atoms with Crippen molar-refractivity contribution < 1.29 is 13.6 Å². The van der Waals surface area contributed by atoms with Crippen molar-refractivity contribution in [2.75, 3.05) is 11.6 Å². The molecule has 29 heavy (non-hydrogen) atoms. The second kappa shape index (κ2) is 6.74. The third-order valence-electron chi connectivity index (χ3n) is 5.03. The molecule has 1 aliphatic rings. The number of anilines is 1. The van der Waals surface area contributed by atoms with Gasteiger partial charge in [0.25, 0.3) is 0 Å². The van der Waals surface area contributed by atoms with Crippen LogP contribution in [0.15, 0.2) is 23.2 Å². The number of rotatable bonds is 4. The molecule has 0 radical (unpaired) electrons. The molecule has 10 heteroatoms. The van der Waals surface area contributed by atoms with Gasteiger partial charge in [-0.3, -0.25) is 9.89 Å². The average molecular weight is 431 g/mol. The van der Waals surface area contributed by atoms with E-state index in [0.29, 0.717) is 42.7 Å². The van der Waals surface area contributed by atoms with Crippen LogP contribution < -0.4 is 5.32 Å². The molecule has 0 spiro atoms. The number of aromatic amines is 1. The lowest BCUT2D eigenvalue weighted by Gasteiger charge is -2.11. The molecule has 0 aliphatic heterocycles. The molecule has 148 valence electrons. The third kappa shape index (κ3) is 2.98. The summed E-state index contributed by atoms with van der Waals surface area (Å²) >= 11 is 2.53. The van der Waals surface area contributed by atoms with E-state index in [4.69, 9.17) is 0 Å². The largest absolute Gasteiger partial charge is 0.302 e. The standard InChI is InChI=1S/C19H15F2N5OS2/c1-7-13(9-6-22-26-15(9)16(28-2)14(7)21)11-3-4-12-18(23-11)29-19(24-12)25-17(27)8-5-10(8)20/h3-4,6,8,10H,5H2,1-2H3,(H,22,26)(H,24,25,27). The molecule has 1 saturated carbocycles. The van der Waals surface area contributed by atoms with Crippen LogP contribution in [0.25, 0.3) is 32.5 Å². The Labute approximate surface area is 172 Å². The average Bonchev–Trinajstić information content (AvgIpc) is 3.08. The summed E-state index contributed by atoms with van der Waals surface area (Å²) < 4.78 is 28.0. The van der Waals surface area contributed by atoms with Crippen LogP contribution in [0.1, 0.15) is 12.0 Å². The van der Waals surface area contributed by atoms with Crippen molar-refractivity contribution in [3.8, 4) is 11.3 Å². The molecule has 2 N–H and O–H groups in total. The summed E-state index contributed by atoms with van der Waals surface area (Å²) in [7, 11) is 0. The summed E-state index contributed by atoms with van der Waals surface area (Å²) in [6, 6.07) is 3.56. The van der Waals surface area contributed by atoms with Crippen molar-refractivity contribution in [1.29, 1.82) is 0 Å². The molecule has 2 unspecified atom stereocenters. The predicted octanol–water partition coefficient (Wildman–Crippen LogP) is 4.70. The molecular formula is C19H15F2N5OS2. The van der Waals surface area contributed by atoms with Gasteiger partial charge in [0.15, 0.2) is 5.13 Å². The van der Waals surface area contributed by atoms with E-state index in [0.717, 1.165) is 5.39 Å². The number of hydrogen-bond acceptors (Lipinski definition) is 6. The lowest BCUT2D eigenvalue weighted by molar-refractivity contribution is -0.117. The van der Waals surface area contributed by atoms with E-state index in [9.17, 15) is 13.6 Å². The first-order valence-corrected chi connectivity index (χ1v) is 10.9. The van der Waals surface area contributed by atoms with Gasteiger partial charge in [0, 0.05) is 10.9 Å². The van der Waals surface area contributed by atoms with Gasteiger partial charge in [-0.25, -0.2) is 18.7 Å². The Bertz CT molecular complexity index is 1280. The second-order valence-corrected chi connectivity index (χ2v) is 8.69. The third-order valence-corrected chi connectivity index (χ3v) is 6.71. The number of thiazole rings is 1. The predicted molar refractivity (Wildman–Crippen MR) is 111 cm³/mol. The van der Waals surface area contributed by atoms with Crippen molar-refractivity contribution in [1.82, 2.24) is 20.2 Å². The number of carbonyl (C=O) groups excluding carboxylic acids is 1. The monoisotopic (exact) mass is 431 g/mol. The number of hydrogen-bond donors (Lipinski definition) is 2. The van der Waals surface area contributed by atoms with Crippen LogP contribution in [0.4, 0.5) is 13.9 Å². The van der Waals surface area contributed by atoms with E-state index < -0.39 is 12.1 Å². The Morgan fingerprint density at radius 2 is 2.17 bits per heavy atom. The molecule has 0 bridgehead atoms. The summed E-state index contributed by atoms with van der Waals surface area (Å²) in [6.07, 6.45) is 2.69. The summed E-state index contributed by atoms with van der Waals surface area (Å²) in [5.74, 6) is -1.24. The Hall–Kier alpha value is -2.59. The van der Waals surface area contributed by atoms with Gasteiger partial charge in [0.1, 0.15) is 22.3 Å². The smallest absolute Gasteiger partial charge is 0.232 e. The maximum Gasteiger partial charge on any atom is 0.232 e. The van der Waals surface area contributed by atoms with Gasteiger partial charge in [-0.2, -0.15) is 5.10 Å². The zero-order valence-electron chi connectivity index (χ0n) is 15.4. The number of nitrogens with one attached hydrogen (secondary N) is 2. The minimum atomic E-state index is -1.06. The fraction of sp³-hybridized carbons (Fsp3) is 0.263. The van der Waals surface area contributed by atoms with E-state index >= 15 is 0 Å². The van der Waals surface area contributed by atoms with Crippen LogP contribution in [0.3, 0.4) is 0 Å². The molecule has 1 fully saturated rings. The Morgan fingerprint density at radius 1 is 1.38 bits per heavy atom. The summed E-state index contributed by atoms with van der Waals surface area (Å²) in [4.78, 5) is 22.1. The lowest BCUT2D eigenvalue weighted by Crippen LogP contribution is -2.14. The maximum absolute atomic E-state index is 14.9. The highest BCUT2D eigenvalue weighted by Gasteiger charge is 2.43. The minimum absolute atomic E-state index is 0.261. The fourth-order valence-corrected chi connectivity index (χ4v) is 4.94. The molecule has 1 aliphatic carbocycles. The van der Waals surface area contributed by atoms with Crippen LogP contribution in [0.5, 0.6) is 0 Å². The Balaban J connectivity index is 1.58. The molecule has 4 aromatic rings. The van der Waals surface area contributed by atoms with Gasteiger partial charge >= 0.3 is 0 Å². The first-order chi connectivity index (χ1) is 14.0. The summed E-state index contributed by atoms with van der Waals surface area (Å²) in [5.41, 5.74) is 3.02. The van der Waals surface area contributed by atoms with E-state index in [1.807, 2.05) is 6.26 Å². The first-order valence-electron chi connectivity index (χ1n) is 8.90. The number of H-pyrrole nitrogens is 1. The van der Waals surface area contributed by atoms with Crippen LogP contribution in [0, 0.1) is 18.7 Å². The second-order valence-electron chi connectivity index (χ2n) is 6.89. The number of halogens is 2. The molecule has 5 rings (SSSR count). The molecular weight excluding hydrogens is 416 g/mol. The summed E-state index contributed by atoms with van der Waals surface area (Å²) in [5, 5.41) is 10.8. The van der Waals surface area contributed by atoms with Crippen molar-refractivity contribution in [2.45, 2.75) is 24.4 Å². The zero-order valence-corrected chi connectivity index (χ0v) is 17.0. The number of pyridine rings is 1. The number of aromatic nitrogens is 4. The molecule has 3 aromatic heterocycles. The van der Waals surface area contributed by atoms with Crippen molar-refractivity contribution >= 4 is 55.4 Å². The van der Waals surface area contributed by atoms with Gasteiger partial charge in [0.05, 0.1) is 28.2 Å². The van der Waals surface area contributed by atoms with Crippen molar-refractivity contribution in [3.05, 3.63) is 29.7 Å². The van der Waals surface area contributed by atoms with Crippen LogP contribution in [-0.2, 0) is 4.79 Å². The number of amides is 1. The number of nitrogens with zero attached hydrogens (tertiary/aromatic N) is 3. The van der Waals surface area contributed by atoms with Gasteiger partial charge in [-0.15, -0.1) is 11.8 Å². The van der Waals surface area contributed by atoms with Crippen LogP contribution in [0.2, 0.25) is 0 Å². The van der Waals surface area contributed by atoms with E-state index in [1.54, 1.807) is 25.3 Å². The molecule has 6 nitrogen and oxygen atoms in total. The number of thioether (sulfide) groups is 1. The summed E-state index contributed by atoms with van der Waals surface area (Å²) in [6.45, 7) is 1.73. The van der Waals surface area contributed by atoms with Gasteiger partial charge < -0.3 is 5.32 Å². The SMILES string of the molecule is CSc1c(F)c(C)c(-c2ccc3nc(NC(=O)C4CC4F)sc3n2)c2cn[nH]c12. The topological polar surface area (TPSA) is 83.6 Å². The number of alkyl halides is 1. The normalized spacial score (nSPS) is 18.5. The Kier molecular flexibility index (Phi) is 4.28. The molecule has 3 heterocycles. The van der Waals surface area contributed by atoms with E-state index in [2.05, 4.69) is 25.5 Å². The van der Waals surface area contributed by atoms with Crippen molar-refractivity contribution in [3.63, 3.8) is 0 Å². The van der Waals surface area contributed by atoms with Gasteiger partial charge in [0.2, 0.25) is 5.91 Å².